The quantitative estimate of drug-likeness (QED) is 0.787. The van der Waals surface area contributed by atoms with Crippen LogP contribution in [-0.2, 0) is 0 Å². The molecule has 4 rings (SSSR count). The molecule has 1 aliphatic heterocycles. The lowest BCUT2D eigenvalue weighted by Crippen LogP contribution is -2.57. The van der Waals surface area contributed by atoms with Crippen LogP contribution in [0.4, 0.5) is 5.82 Å². The van der Waals surface area contributed by atoms with E-state index in [0.29, 0.717) is 18.7 Å². The number of carbonyl (C=O) groups excluding carboxylic acids is 1. The molecule has 1 fully saturated rings. The van der Waals surface area contributed by atoms with Gasteiger partial charge in [0.25, 0.3) is 5.91 Å². The summed E-state index contributed by atoms with van der Waals surface area (Å²) in [5.41, 5.74) is 2.25. The fourth-order valence-corrected chi connectivity index (χ4v) is 2.94. The number of carbonyl (C=O) groups is 1. The molecule has 1 saturated heterocycles. The van der Waals surface area contributed by atoms with Crippen LogP contribution < -0.4 is 5.32 Å². The Bertz CT molecular complexity index is 814. The van der Waals surface area contributed by atoms with Crippen LogP contribution >= 0.6 is 11.7 Å². The molecule has 0 spiro atoms. The molecule has 3 heterocycles. The van der Waals surface area contributed by atoms with E-state index in [4.69, 9.17) is 0 Å². The number of benzene rings is 1. The van der Waals surface area contributed by atoms with E-state index in [1.807, 2.05) is 18.2 Å². The van der Waals surface area contributed by atoms with Crippen molar-refractivity contribution in [3.8, 4) is 0 Å². The molecular formula is C14H12N6OS. The Kier molecular flexibility index (Phi) is 3.15. The SMILES string of the molecule is O=C(c1ccc2nsnc2c1)N1CC(Nc2cccnn2)C1. The van der Waals surface area contributed by atoms with Gasteiger partial charge in [0.2, 0.25) is 0 Å². The molecule has 1 N–H and O–H groups in total. The third-order valence-corrected chi connectivity index (χ3v) is 4.15. The molecular weight excluding hydrogens is 300 g/mol. The lowest BCUT2D eigenvalue weighted by molar-refractivity contribution is 0.0625. The van der Waals surface area contributed by atoms with E-state index >= 15 is 0 Å². The highest BCUT2D eigenvalue weighted by atomic mass is 32.1. The molecule has 1 aliphatic rings. The standard InChI is InChI=1S/C14H12N6OS/c21-14(9-3-4-11-12(6-9)19-22-18-11)20-7-10(8-20)16-13-2-1-5-15-17-13/h1-6,10H,7-8H2,(H,16,17). The normalized spacial score (nSPS) is 14.8. The van der Waals surface area contributed by atoms with Gasteiger partial charge in [-0.15, -0.1) is 5.10 Å². The number of hydrogen-bond acceptors (Lipinski definition) is 7. The van der Waals surface area contributed by atoms with Gasteiger partial charge in [0.15, 0.2) is 0 Å². The average Bonchev–Trinajstić information content (AvgIpc) is 2.98. The molecule has 1 aromatic carbocycles. The zero-order valence-corrected chi connectivity index (χ0v) is 12.3. The second kappa shape index (κ2) is 5.30. The maximum Gasteiger partial charge on any atom is 0.254 e. The number of hydrogen-bond donors (Lipinski definition) is 1. The third kappa shape index (κ3) is 2.37. The van der Waals surface area contributed by atoms with Crippen LogP contribution in [-0.4, -0.2) is 48.9 Å². The van der Waals surface area contributed by atoms with E-state index in [1.54, 1.807) is 23.2 Å². The number of anilines is 1. The Hall–Kier alpha value is -2.61. The summed E-state index contributed by atoms with van der Waals surface area (Å²) in [5.74, 6) is 0.752. The Morgan fingerprint density at radius 3 is 2.91 bits per heavy atom. The Labute approximate surface area is 130 Å². The third-order valence-electron chi connectivity index (χ3n) is 3.59. The van der Waals surface area contributed by atoms with Gasteiger partial charge in [-0.1, -0.05) is 0 Å². The molecule has 0 bridgehead atoms. The summed E-state index contributed by atoms with van der Waals surface area (Å²) >= 11 is 1.16. The highest BCUT2D eigenvalue weighted by molar-refractivity contribution is 7.00. The zero-order chi connectivity index (χ0) is 14.9. The summed E-state index contributed by atoms with van der Waals surface area (Å²) in [6.45, 7) is 1.31. The monoisotopic (exact) mass is 312 g/mol. The average molecular weight is 312 g/mol. The van der Waals surface area contributed by atoms with Crippen LogP contribution in [0.25, 0.3) is 11.0 Å². The number of likely N-dealkylation sites (tertiary alicyclic amines) is 1. The van der Waals surface area contributed by atoms with Gasteiger partial charge >= 0.3 is 0 Å². The van der Waals surface area contributed by atoms with Crippen LogP contribution in [0.5, 0.6) is 0 Å². The Morgan fingerprint density at radius 1 is 1.23 bits per heavy atom. The van der Waals surface area contributed by atoms with Crippen molar-refractivity contribution >= 4 is 34.5 Å². The summed E-state index contributed by atoms with van der Waals surface area (Å²) in [4.78, 5) is 14.2. The first kappa shape index (κ1) is 13.1. The largest absolute Gasteiger partial charge is 0.362 e. The van der Waals surface area contributed by atoms with Crippen molar-refractivity contribution in [2.75, 3.05) is 18.4 Å². The molecule has 22 heavy (non-hydrogen) atoms. The smallest absolute Gasteiger partial charge is 0.254 e. The van der Waals surface area contributed by atoms with Crippen molar-refractivity contribution in [2.24, 2.45) is 0 Å². The second-order valence-corrected chi connectivity index (χ2v) is 5.66. The van der Waals surface area contributed by atoms with Crippen molar-refractivity contribution < 1.29 is 4.79 Å². The molecule has 0 aliphatic carbocycles. The number of nitrogens with one attached hydrogen (secondary N) is 1. The van der Waals surface area contributed by atoms with Gasteiger partial charge < -0.3 is 10.2 Å². The lowest BCUT2D eigenvalue weighted by Gasteiger charge is -2.39. The Balaban J connectivity index is 1.40. The maximum absolute atomic E-state index is 12.4. The first-order valence-electron chi connectivity index (χ1n) is 6.85. The maximum atomic E-state index is 12.4. The highest BCUT2D eigenvalue weighted by Gasteiger charge is 2.31. The van der Waals surface area contributed by atoms with Gasteiger partial charge in [0.1, 0.15) is 16.9 Å². The molecule has 0 atom stereocenters. The predicted octanol–water partition coefficient (Wildman–Crippen LogP) is 1.42. The Morgan fingerprint density at radius 2 is 2.09 bits per heavy atom. The molecule has 1 amide bonds. The minimum Gasteiger partial charge on any atom is -0.362 e. The van der Waals surface area contributed by atoms with Crippen LogP contribution in [0.1, 0.15) is 10.4 Å². The van der Waals surface area contributed by atoms with Crippen molar-refractivity contribution in [3.05, 3.63) is 42.1 Å². The second-order valence-electron chi connectivity index (χ2n) is 5.13. The van der Waals surface area contributed by atoms with Crippen molar-refractivity contribution in [2.45, 2.75) is 6.04 Å². The molecule has 2 aromatic heterocycles. The number of fused-ring (bicyclic) bond motifs is 1. The first-order chi connectivity index (χ1) is 10.8. The van der Waals surface area contributed by atoms with Gasteiger partial charge in [0, 0.05) is 24.8 Å². The van der Waals surface area contributed by atoms with E-state index in [9.17, 15) is 4.79 Å². The van der Waals surface area contributed by atoms with Crippen LogP contribution in [0.15, 0.2) is 36.5 Å². The molecule has 7 nitrogen and oxygen atoms in total. The molecule has 0 unspecified atom stereocenters. The van der Waals surface area contributed by atoms with E-state index in [2.05, 4.69) is 24.3 Å². The lowest BCUT2D eigenvalue weighted by atomic mass is 10.1. The van der Waals surface area contributed by atoms with Crippen molar-refractivity contribution in [1.29, 1.82) is 0 Å². The fourth-order valence-electron chi connectivity index (χ4n) is 2.42. The van der Waals surface area contributed by atoms with Crippen LogP contribution in [0.3, 0.4) is 0 Å². The molecule has 0 saturated carbocycles. The van der Waals surface area contributed by atoms with E-state index in [1.165, 1.54) is 0 Å². The van der Waals surface area contributed by atoms with Gasteiger partial charge in [0.05, 0.1) is 17.8 Å². The van der Waals surface area contributed by atoms with Crippen molar-refractivity contribution in [3.63, 3.8) is 0 Å². The van der Waals surface area contributed by atoms with E-state index < -0.39 is 0 Å². The summed E-state index contributed by atoms with van der Waals surface area (Å²) in [6.07, 6.45) is 1.63. The van der Waals surface area contributed by atoms with Gasteiger partial charge in [-0.05, 0) is 30.3 Å². The number of aromatic nitrogens is 4. The van der Waals surface area contributed by atoms with E-state index in [-0.39, 0.29) is 11.9 Å². The van der Waals surface area contributed by atoms with Crippen LogP contribution in [0.2, 0.25) is 0 Å². The minimum atomic E-state index is 0.0205. The predicted molar refractivity (Wildman–Crippen MR) is 82.8 cm³/mol. The molecule has 8 heteroatoms. The zero-order valence-electron chi connectivity index (χ0n) is 11.5. The highest BCUT2D eigenvalue weighted by Crippen LogP contribution is 2.19. The van der Waals surface area contributed by atoms with Gasteiger partial charge in [-0.25, -0.2) is 0 Å². The molecule has 110 valence electrons. The van der Waals surface area contributed by atoms with Crippen molar-refractivity contribution in [1.82, 2.24) is 23.8 Å². The summed E-state index contributed by atoms with van der Waals surface area (Å²) in [6, 6.07) is 9.33. The number of nitrogens with zero attached hydrogens (tertiary/aromatic N) is 5. The van der Waals surface area contributed by atoms with Gasteiger partial charge in [-0.3, -0.25) is 4.79 Å². The fraction of sp³-hybridized carbons (Fsp3) is 0.214. The first-order valence-corrected chi connectivity index (χ1v) is 7.58. The minimum absolute atomic E-state index is 0.0205. The summed E-state index contributed by atoms with van der Waals surface area (Å²) in [5, 5.41) is 11.0. The number of rotatable bonds is 3. The summed E-state index contributed by atoms with van der Waals surface area (Å²) in [7, 11) is 0. The topological polar surface area (TPSA) is 83.9 Å². The number of amides is 1. The molecule has 0 radical (unpaired) electrons. The van der Waals surface area contributed by atoms with E-state index in [0.717, 1.165) is 28.6 Å². The summed E-state index contributed by atoms with van der Waals surface area (Å²) < 4.78 is 8.31. The van der Waals surface area contributed by atoms with Gasteiger partial charge in [-0.2, -0.15) is 13.8 Å². The molecule has 3 aromatic rings. The van der Waals surface area contributed by atoms with Crippen LogP contribution in [0, 0.1) is 0 Å².